The van der Waals surface area contributed by atoms with Crippen LogP contribution in [0.3, 0.4) is 0 Å². The van der Waals surface area contributed by atoms with Gasteiger partial charge in [-0.3, -0.25) is 0 Å². The van der Waals surface area contributed by atoms with E-state index in [1.807, 2.05) is 0 Å². The van der Waals surface area contributed by atoms with Crippen LogP contribution in [-0.4, -0.2) is 29.1 Å². The van der Waals surface area contributed by atoms with Gasteiger partial charge in [0.25, 0.3) is 0 Å². The molecular formula is C28H56N2. The normalized spacial score (nSPS) is 16.2. The monoisotopic (exact) mass is 420 g/mol. The first-order valence-corrected chi connectivity index (χ1v) is 14.0. The Bertz CT molecular complexity index is 379. The molecule has 30 heavy (non-hydrogen) atoms. The van der Waals surface area contributed by atoms with Crippen LogP contribution in [0.5, 0.6) is 0 Å². The zero-order chi connectivity index (χ0) is 21.7. The highest BCUT2D eigenvalue weighted by molar-refractivity contribution is 4.97. The van der Waals surface area contributed by atoms with Crippen LogP contribution >= 0.6 is 0 Å². The van der Waals surface area contributed by atoms with E-state index in [4.69, 9.17) is 0 Å². The van der Waals surface area contributed by atoms with Crippen molar-refractivity contribution >= 4 is 0 Å². The molecule has 0 spiro atoms. The van der Waals surface area contributed by atoms with Crippen molar-refractivity contribution in [1.29, 1.82) is 0 Å². The molecule has 2 heteroatoms. The van der Waals surface area contributed by atoms with Gasteiger partial charge in [0.05, 0.1) is 0 Å². The third kappa shape index (κ3) is 13.6. The number of hydrogen-bond acceptors (Lipinski definition) is 2. The van der Waals surface area contributed by atoms with Gasteiger partial charge in [-0.1, -0.05) is 124 Å². The van der Waals surface area contributed by atoms with Crippen LogP contribution < -0.4 is 0 Å². The minimum Gasteiger partial charge on any atom is -0.356 e. The standard InChI is InChI=1S/C28H56N2/c1-4-7-10-13-15-16-19-22-25-30-27-26-29(24-21-18-14-11-8-5-2)28(30)23-20-17-12-9-6-3/h26-28H,4-25H2,1-3H3. The smallest absolute Gasteiger partial charge is 0.101 e. The maximum absolute atomic E-state index is 2.67. The lowest BCUT2D eigenvalue weighted by atomic mass is 10.1. The van der Waals surface area contributed by atoms with Crippen LogP contribution in [0.15, 0.2) is 12.4 Å². The van der Waals surface area contributed by atoms with Crippen molar-refractivity contribution in [2.24, 2.45) is 0 Å². The molecule has 0 aromatic carbocycles. The maximum atomic E-state index is 2.67. The maximum Gasteiger partial charge on any atom is 0.101 e. The molecule has 1 aliphatic rings. The Labute approximate surface area is 190 Å². The van der Waals surface area contributed by atoms with Crippen molar-refractivity contribution in [3.63, 3.8) is 0 Å². The molecule has 1 rings (SSSR count). The van der Waals surface area contributed by atoms with E-state index < -0.39 is 0 Å². The van der Waals surface area contributed by atoms with Crippen LogP contribution in [-0.2, 0) is 0 Å². The van der Waals surface area contributed by atoms with Gasteiger partial charge in [0, 0.05) is 25.5 Å². The molecule has 0 fully saturated rings. The summed E-state index contributed by atoms with van der Waals surface area (Å²) in [5.74, 6) is 0. The topological polar surface area (TPSA) is 6.48 Å². The first kappa shape index (κ1) is 27.4. The Balaban J connectivity index is 2.27. The minimum absolute atomic E-state index is 0.645. The van der Waals surface area contributed by atoms with Crippen LogP contribution in [0.25, 0.3) is 0 Å². The van der Waals surface area contributed by atoms with Gasteiger partial charge in [0.2, 0.25) is 0 Å². The largest absolute Gasteiger partial charge is 0.356 e. The molecule has 0 aromatic heterocycles. The molecule has 0 bridgehead atoms. The molecule has 178 valence electrons. The fraction of sp³-hybridized carbons (Fsp3) is 0.929. The van der Waals surface area contributed by atoms with E-state index in [-0.39, 0.29) is 0 Å². The summed E-state index contributed by atoms with van der Waals surface area (Å²) in [7, 11) is 0. The zero-order valence-corrected chi connectivity index (χ0v) is 21.2. The van der Waals surface area contributed by atoms with E-state index in [2.05, 4.69) is 43.0 Å². The highest BCUT2D eigenvalue weighted by atomic mass is 15.4. The summed E-state index contributed by atoms with van der Waals surface area (Å²) in [5.41, 5.74) is 0. The molecule has 0 aliphatic carbocycles. The second-order valence-electron chi connectivity index (χ2n) is 9.70. The van der Waals surface area contributed by atoms with E-state index >= 15 is 0 Å². The van der Waals surface area contributed by atoms with Gasteiger partial charge in [0.15, 0.2) is 0 Å². The summed E-state index contributed by atoms with van der Waals surface area (Å²) in [4.78, 5) is 5.35. The molecule has 1 heterocycles. The van der Waals surface area contributed by atoms with Crippen molar-refractivity contribution in [3.8, 4) is 0 Å². The molecule has 0 N–H and O–H groups in total. The molecular weight excluding hydrogens is 364 g/mol. The molecule has 0 saturated heterocycles. The second kappa shape index (κ2) is 20.3. The average molecular weight is 421 g/mol. The Morgan fingerprint density at radius 2 is 0.767 bits per heavy atom. The van der Waals surface area contributed by atoms with Crippen molar-refractivity contribution < 1.29 is 0 Å². The lowest BCUT2D eigenvalue weighted by Crippen LogP contribution is -2.39. The number of rotatable bonds is 22. The summed E-state index contributed by atoms with van der Waals surface area (Å²) < 4.78 is 0. The lowest BCUT2D eigenvalue weighted by molar-refractivity contribution is 0.135. The highest BCUT2D eigenvalue weighted by Gasteiger charge is 2.24. The highest BCUT2D eigenvalue weighted by Crippen LogP contribution is 2.23. The van der Waals surface area contributed by atoms with Crippen LogP contribution in [0, 0.1) is 0 Å². The predicted molar refractivity (Wildman–Crippen MR) is 136 cm³/mol. The van der Waals surface area contributed by atoms with E-state index in [0.29, 0.717) is 6.17 Å². The molecule has 1 atom stereocenters. The SMILES string of the molecule is CCCCCCCCCCN1C=CN(CCCCCCCC)C1CCCCCCC. The number of nitrogens with zero attached hydrogens (tertiary/aromatic N) is 2. The molecule has 1 aliphatic heterocycles. The van der Waals surface area contributed by atoms with Gasteiger partial charge in [-0.2, -0.15) is 0 Å². The van der Waals surface area contributed by atoms with Crippen LogP contribution in [0.1, 0.15) is 149 Å². The molecule has 0 radical (unpaired) electrons. The van der Waals surface area contributed by atoms with E-state index in [9.17, 15) is 0 Å². The van der Waals surface area contributed by atoms with E-state index in [1.54, 1.807) is 0 Å². The summed E-state index contributed by atoms with van der Waals surface area (Å²) in [5, 5.41) is 0. The third-order valence-electron chi connectivity index (χ3n) is 6.82. The second-order valence-corrected chi connectivity index (χ2v) is 9.70. The molecule has 0 saturated carbocycles. The zero-order valence-electron chi connectivity index (χ0n) is 21.2. The summed E-state index contributed by atoms with van der Waals surface area (Å²) in [6, 6.07) is 0. The number of hydrogen-bond donors (Lipinski definition) is 0. The third-order valence-corrected chi connectivity index (χ3v) is 6.82. The Morgan fingerprint density at radius 3 is 1.17 bits per heavy atom. The van der Waals surface area contributed by atoms with Crippen molar-refractivity contribution in [2.75, 3.05) is 13.1 Å². The van der Waals surface area contributed by atoms with Crippen molar-refractivity contribution in [1.82, 2.24) is 9.80 Å². The van der Waals surface area contributed by atoms with Crippen LogP contribution in [0.4, 0.5) is 0 Å². The Kier molecular flexibility index (Phi) is 18.5. The number of unbranched alkanes of at least 4 members (excludes halogenated alkanes) is 16. The molecule has 1 unspecified atom stereocenters. The van der Waals surface area contributed by atoms with Gasteiger partial charge in [0.1, 0.15) is 6.17 Å². The lowest BCUT2D eigenvalue weighted by Gasteiger charge is -2.33. The first-order chi connectivity index (χ1) is 14.8. The van der Waals surface area contributed by atoms with Crippen LogP contribution in [0.2, 0.25) is 0 Å². The summed E-state index contributed by atoms with van der Waals surface area (Å²) >= 11 is 0. The molecule has 0 amide bonds. The average Bonchev–Trinajstić information content (AvgIpc) is 3.14. The van der Waals surface area contributed by atoms with Gasteiger partial charge in [-0.05, 0) is 25.7 Å². The summed E-state index contributed by atoms with van der Waals surface area (Å²) in [6.45, 7) is 9.45. The fourth-order valence-corrected chi connectivity index (χ4v) is 4.77. The van der Waals surface area contributed by atoms with Crippen molar-refractivity contribution in [3.05, 3.63) is 12.4 Å². The predicted octanol–water partition coefficient (Wildman–Crippen LogP) is 9.26. The van der Waals surface area contributed by atoms with Gasteiger partial charge >= 0.3 is 0 Å². The fourth-order valence-electron chi connectivity index (χ4n) is 4.77. The van der Waals surface area contributed by atoms with E-state index in [1.165, 1.54) is 142 Å². The molecule has 0 aromatic rings. The first-order valence-electron chi connectivity index (χ1n) is 14.0. The van der Waals surface area contributed by atoms with E-state index in [0.717, 1.165) is 0 Å². The van der Waals surface area contributed by atoms with Crippen molar-refractivity contribution in [2.45, 2.75) is 155 Å². The summed E-state index contributed by atoms with van der Waals surface area (Å²) in [6.07, 6.45) is 33.5. The Morgan fingerprint density at radius 1 is 0.433 bits per heavy atom. The van der Waals surface area contributed by atoms with Gasteiger partial charge in [-0.25, -0.2) is 0 Å². The quantitative estimate of drug-likeness (QED) is 0.161. The molecule has 2 nitrogen and oxygen atoms in total. The minimum atomic E-state index is 0.645. The Hall–Kier alpha value is -0.660. The van der Waals surface area contributed by atoms with Gasteiger partial charge in [-0.15, -0.1) is 0 Å². The van der Waals surface area contributed by atoms with Gasteiger partial charge < -0.3 is 9.80 Å².